The van der Waals surface area contributed by atoms with Gasteiger partial charge in [0.1, 0.15) is 11.9 Å². The molecule has 0 bridgehead atoms. The van der Waals surface area contributed by atoms with E-state index in [1.54, 1.807) is 12.1 Å². The van der Waals surface area contributed by atoms with Crippen molar-refractivity contribution in [3.8, 4) is 5.75 Å². The highest BCUT2D eigenvalue weighted by Gasteiger charge is 2.41. The maximum absolute atomic E-state index is 10.0. The SMILES string of the molecule is NC1C(CO)OC(Nc2cccc(O)c2)C(O)C1N. The van der Waals surface area contributed by atoms with E-state index in [2.05, 4.69) is 5.32 Å². The zero-order valence-electron chi connectivity index (χ0n) is 10.3. The number of nitrogens with two attached hydrogens (primary N) is 2. The van der Waals surface area contributed by atoms with Crippen LogP contribution in [0.4, 0.5) is 5.69 Å². The smallest absolute Gasteiger partial charge is 0.156 e. The molecule has 7 nitrogen and oxygen atoms in total. The number of aliphatic hydroxyl groups excluding tert-OH is 2. The van der Waals surface area contributed by atoms with Gasteiger partial charge in [0.25, 0.3) is 0 Å². The zero-order valence-corrected chi connectivity index (χ0v) is 10.3. The van der Waals surface area contributed by atoms with Crippen molar-refractivity contribution in [3.05, 3.63) is 24.3 Å². The summed E-state index contributed by atoms with van der Waals surface area (Å²) in [6.07, 6.45) is -2.46. The molecular weight excluding hydrogens is 250 g/mol. The lowest BCUT2D eigenvalue weighted by molar-refractivity contribution is -0.135. The molecule has 106 valence electrons. The highest BCUT2D eigenvalue weighted by molar-refractivity contribution is 5.48. The lowest BCUT2D eigenvalue weighted by Crippen LogP contribution is -2.66. The Morgan fingerprint density at radius 2 is 2.00 bits per heavy atom. The molecule has 0 aromatic heterocycles. The quantitative estimate of drug-likeness (QED) is 0.395. The van der Waals surface area contributed by atoms with Crippen molar-refractivity contribution in [2.75, 3.05) is 11.9 Å². The number of nitrogens with one attached hydrogen (secondary N) is 1. The van der Waals surface area contributed by atoms with Crippen LogP contribution in [-0.4, -0.2) is 52.4 Å². The summed E-state index contributed by atoms with van der Waals surface area (Å²) in [6.45, 7) is -0.278. The molecule has 5 atom stereocenters. The Bertz CT molecular complexity index is 429. The monoisotopic (exact) mass is 269 g/mol. The van der Waals surface area contributed by atoms with Crippen LogP contribution in [0.3, 0.4) is 0 Å². The third-order valence-electron chi connectivity index (χ3n) is 3.23. The molecule has 0 aliphatic carbocycles. The summed E-state index contributed by atoms with van der Waals surface area (Å²) >= 11 is 0. The lowest BCUT2D eigenvalue weighted by Gasteiger charge is -2.41. The fraction of sp³-hybridized carbons (Fsp3) is 0.500. The van der Waals surface area contributed by atoms with E-state index in [0.717, 1.165) is 0 Å². The largest absolute Gasteiger partial charge is 0.508 e. The van der Waals surface area contributed by atoms with Crippen LogP contribution in [0.5, 0.6) is 5.75 Å². The topological polar surface area (TPSA) is 134 Å². The second-order valence-electron chi connectivity index (χ2n) is 4.62. The van der Waals surface area contributed by atoms with Gasteiger partial charge in [-0.25, -0.2) is 0 Å². The second-order valence-corrected chi connectivity index (χ2v) is 4.62. The van der Waals surface area contributed by atoms with E-state index in [0.29, 0.717) is 5.69 Å². The van der Waals surface area contributed by atoms with Gasteiger partial charge in [-0.15, -0.1) is 0 Å². The minimum absolute atomic E-state index is 0.0926. The molecule has 0 saturated carbocycles. The number of rotatable bonds is 3. The molecule has 19 heavy (non-hydrogen) atoms. The molecule has 1 aromatic carbocycles. The number of hydrogen-bond acceptors (Lipinski definition) is 7. The van der Waals surface area contributed by atoms with Crippen molar-refractivity contribution >= 4 is 5.69 Å². The number of ether oxygens (including phenoxy) is 1. The molecule has 1 saturated heterocycles. The molecule has 5 unspecified atom stereocenters. The Hall–Kier alpha value is -1.38. The Morgan fingerprint density at radius 3 is 2.63 bits per heavy atom. The Balaban J connectivity index is 2.10. The van der Waals surface area contributed by atoms with Crippen molar-refractivity contribution in [1.29, 1.82) is 0 Å². The van der Waals surface area contributed by atoms with E-state index >= 15 is 0 Å². The van der Waals surface area contributed by atoms with Gasteiger partial charge in [-0.2, -0.15) is 0 Å². The molecule has 7 heteroatoms. The minimum atomic E-state index is -1.01. The van der Waals surface area contributed by atoms with Gasteiger partial charge in [0.2, 0.25) is 0 Å². The van der Waals surface area contributed by atoms with Crippen molar-refractivity contribution in [3.63, 3.8) is 0 Å². The van der Waals surface area contributed by atoms with Gasteiger partial charge in [0, 0.05) is 11.8 Å². The van der Waals surface area contributed by atoms with Gasteiger partial charge in [-0.3, -0.25) is 0 Å². The molecular formula is C12H19N3O4. The Labute approximate surface area is 110 Å². The molecule has 0 spiro atoms. The van der Waals surface area contributed by atoms with Crippen molar-refractivity contribution in [2.45, 2.75) is 30.5 Å². The maximum Gasteiger partial charge on any atom is 0.156 e. The van der Waals surface area contributed by atoms with Crippen molar-refractivity contribution in [1.82, 2.24) is 0 Å². The van der Waals surface area contributed by atoms with Gasteiger partial charge >= 0.3 is 0 Å². The third kappa shape index (κ3) is 2.96. The average Bonchev–Trinajstić information content (AvgIpc) is 2.39. The molecule has 2 rings (SSSR count). The first-order chi connectivity index (χ1) is 9.02. The van der Waals surface area contributed by atoms with E-state index < -0.39 is 30.5 Å². The van der Waals surface area contributed by atoms with Gasteiger partial charge < -0.3 is 36.8 Å². The first kappa shape index (κ1) is 14.0. The van der Waals surface area contributed by atoms with Gasteiger partial charge in [0.05, 0.1) is 24.8 Å². The van der Waals surface area contributed by atoms with Crippen molar-refractivity contribution < 1.29 is 20.1 Å². The Kier molecular flexibility index (Phi) is 4.23. The van der Waals surface area contributed by atoms with E-state index in [1.807, 2.05) is 0 Å². The first-order valence-corrected chi connectivity index (χ1v) is 6.04. The highest BCUT2D eigenvalue weighted by atomic mass is 16.5. The molecule has 1 aliphatic heterocycles. The van der Waals surface area contributed by atoms with E-state index in [9.17, 15) is 15.3 Å². The average molecular weight is 269 g/mol. The van der Waals surface area contributed by atoms with E-state index in [1.165, 1.54) is 12.1 Å². The predicted octanol–water partition coefficient (Wildman–Crippen LogP) is -1.46. The van der Waals surface area contributed by atoms with Crippen LogP contribution in [0, 0.1) is 0 Å². The zero-order chi connectivity index (χ0) is 14.0. The fourth-order valence-corrected chi connectivity index (χ4v) is 2.08. The number of phenols is 1. The summed E-state index contributed by atoms with van der Waals surface area (Å²) in [5.41, 5.74) is 12.1. The normalized spacial score (nSPS) is 35.1. The Morgan fingerprint density at radius 1 is 1.26 bits per heavy atom. The molecule has 1 aliphatic rings. The van der Waals surface area contributed by atoms with Crippen LogP contribution in [0.25, 0.3) is 0 Å². The first-order valence-electron chi connectivity index (χ1n) is 6.04. The molecule has 0 radical (unpaired) electrons. The lowest BCUT2D eigenvalue weighted by atomic mass is 9.94. The van der Waals surface area contributed by atoms with E-state index in [4.69, 9.17) is 16.2 Å². The van der Waals surface area contributed by atoms with Gasteiger partial charge in [-0.1, -0.05) is 6.07 Å². The third-order valence-corrected chi connectivity index (χ3v) is 3.23. The molecule has 0 amide bonds. The molecule has 8 N–H and O–H groups in total. The van der Waals surface area contributed by atoms with E-state index in [-0.39, 0.29) is 12.4 Å². The van der Waals surface area contributed by atoms with Crippen LogP contribution < -0.4 is 16.8 Å². The summed E-state index contributed by atoms with van der Waals surface area (Å²) in [4.78, 5) is 0. The van der Waals surface area contributed by atoms with Gasteiger partial charge in [-0.05, 0) is 12.1 Å². The van der Waals surface area contributed by atoms with Crippen LogP contribution >= 0.6 is 0 Å². The number of phenolic OH excluding ortho intramolecular Hbond substituents is 1. The predicted molar refractivity (Wildman–Crippen MR) is 69.4 cm³/mol. The molecule has 1 fully saturated rings. The summed E-state index contributed by atoms with van der Waals surface area (Å²) in [5.74, 6) is 0.0926. The molecule has 1 heterocycles. The number of aromatic hydroxyl groups is 1. The minimum Gasteiger partial charge on any atom is -0.508 e. The van der Waals surface area contributed by atoms with Gasteiger partial charge in [0.15, 0.2) is 6.23 Å². The second kappa shape index (κ2) is 5.72. The number of hydrogen-bond donors (Lipinski definition) is 6. The number of benzene rings is 1. The summed E-state index contributed by atoms with van der Waals surface area (Å²) in [5, 5.41) is 31.5. The highest BCUT2D eigenvalue weighted by Crippen LogP contribution is 2.22. The summed E-state index contributed by atoms with van der Waals surface area (Å²) < 4.78 is 5.48. The standard InChI is InChI=1S/C12H19N3O4/c13-9-8(5-16)19-12(11(18)10(9)14)15-6-2-1-3-7(17)4-6/h1-4,8-12,15-18H,5,13-14H2. The molecule has 1 aromatic rings. The summed E-state index contributed by atoms with van der Waals surface area (Å²) in [6, 6.07) is 5.04. The van der Waals surface area contributed by atoms with Crippen molar-refractivity contribution in [2.24, 2.45) is 11.5 Å². The maximum atomic E-state index is 10.0. The van der Waals surface area contributed by atoms with Crippen LogP contribution in [0.2, 0.25) is 0 Å². The van der Waals surface area contributed by atoms with Crippen LogP contribution in [-0.2, 0) is 4.74 Å². The number of anilines is 1. The number of aliphatic hydroxyl groups is 2. The fourth-order valence-electron chi connectivity index (χ4n) is 2.08. The van der Waals surface area contributed by atoms with Crippen LogP contribution in [0.15, 0.2) is 24.3 Å². The summed E-state index contributed by atoms with van der Waals surface area (Å²) in [7, 11) is 0. The van der Waals surface area contributed by atoms with Crippen LogP contribution in [0.1, 0.15) is 0 Å².